The second kappa shape index (κ2) is 10.3. The lowest BCUT2D eigenvalue weighted by Gasteiger charge is -2.23. The molecule has 2 aromatic carbocycles. The fourth-order valence-corrected chi connectivity index (χ4v) is 3.00. The van der Waals surface area contributed by atoms with Gasteiger partial charge in [-0.05, 0) is 43.2 Å². The maximum atomic E-state index is 13.0. The van der Waals surface area contributed by atoms with Gasteiger partial charge in [-0.25, -0.2) is 0 Å². The van der Waals surface area contributed by atoms with Crippen LogP contribution in [0.3, 0.4) is 0 Å². The van der Waals surface area contributed by atoms with Gasteiger partial charge < -0.3 is 10.0 Å². The van der Waals surface area contributed by atoms with Crippen LogP contribution in [0.2, 0.25) is 0 Å². The molecule has 0 spiro atoms. The molecule has 0 atom stereocenters. The Morgan fingerprint density at radius 3 is 1.93 bits per heavy atom. The summed E-state index contributed by atoms with van der Waals surface area (Å²) in [7, 11) is 0. The van der Waals surface area contributed by atoms with Gasteiger partial charge in [-0.3, -0.25) is 19.3 Å². The third-order valence-electron chi connectivity index (χ3n) is 4.24. The molecular formula is C22H26N2O4. The quantitative estimate of drug-likeness (QED) is 0.718. The maximum absolute atomic E-state index is 13.0. The molecule has 148 valence electrons. The van der Waals surface area contributed by atoms with E-state index in [0.717, 1.165) is 12.8 Å². The third kappa shape index (κ3) is 5.42. The van der Waals surface area contributed by atoms with Crippen molar-refractivity contribution in [2.45, 2.75) is 26.7 Å². The minimum absolute atomic E-state index is 0.122. The monoisotopic (exact) mass is 382 g/mol. The van der Waals surface area contributed by atoms with Crippen LogP contribution >= 0.6 is 0 Å². The van der Waals surface area contributed by atoms with E-state index in [1.165, 1.54) is 4.90 Å². The van der Waals surface area contributed by atoms with Gasteiger partial charge in [-0.2, -0.15) is 0 Å². The molecule has 0 radical (unpaired) electrons. The minimum Gasteiger partial charge on any atom is -0.480 e. The molecule has 2 rings (SSSR count). The largest absolute Gasteiger partial charge is 0.480 e. The van der Waals surface area contributed by atoms with Gasteiger partial charge >= 0.3 is 5.97 Å². The highest BCUT2D eigenvalue weighted by Gasteiger charge is 2.22. The number of aliphatic carboxylic acids is 1. The van der Waals surface area contributed by atoms with E-state index in [4.69, 9.17) is 0 Å². The number of anilines is 1. The smallest absolute Gasteiger partial charge is 0.323 e. The van der Waals surface area contributed by atoms with Gasteiger partial charge in [0.15, 0.2) is 0 Å². The fourth-order valence-electron chi connectivity index (χ4n) is 3.00. The van der Waals surface area contributed by atoms with Gasteiger partial charge in [0.25, 0.3) is 11.8 Å². The van der Waals surface area contributed by atoms with Gasteiger partial charge in [0, 0.05) is 29.9 Å². The standard InChI is InChI=1S/C22H26N2O4/c1-3-13-23(14-4-2)21(27)17-9-8-10-18(15-17)22(28)24(16-20(25)26)19-11-6-5-7-12-19/h5-12,15H,3-4,13-14,16H2,1-2H3,(H,25,26). The summed E-state index contributed by atoms with van der Waals surface area (Å²) in [5.74, 6) is -1.69. The molecule has 0 aliphatic rings. The van der Waals surface area contributed by atoms with Crippen LogP contribution in [-0.2, 0) is 4.79 Å². The number of carbonyl (C=O) groups excluding carboxylic acids is 2. The van der Waals surface area contributed by atoms with Crippen LogP contribution < -0.4 is 4.90 Å². The van der Waals surface area contributed by atoms with Gasteiger partial charge in [0.1, 0.15) is 6.54 Å². The Balaban J connectivity index is 2.33. The summed E-state index contributed by atoms with van der Waals surface area (Å²) in [5, 5.41) is 9.22. The summed E-state index contributed by atoms with van der Waals surface area (Å²) in [6, 6.07) is 15.1. The number of para-hydroxylation sites is 1. The molecule has 2 amide bonds. The van der Waals surface area contributed by atoms with Crippen LogP contribution in [-0.4, -0.2) is 47.4 Å². The molecule has 2 aromatic rings. The molecule has 28 heavy (non-hydrogen) atoms. The maximum Gasteiger partial charge on any atom is 0.323 e. The Morgan fingerprint density at radius 2 is 1.39 bits per heavy atom. The predicted molar refractivity (Wildman–Crippen MR) is 109 cm³/mol. The first-order valence-corrected chi connectivity index (χ1v) is 9.46. The van der Waals surface area contributed by atoms with Crippen LogP contribution in [0.15, 0.2) is 54.6 Å². The zero-order valence-electron chi connectivity index (χ0n) is 16.3. The van der Waals surface area contributed by atoms with Gasteiger partial charge in [0.2, 0.25) is 0 Å². The Labute approximate surface area is 165 Å². The topological polar surface area (TPSA) is 77.9 Å². The van der Waals surface area contributed by atoms with E-state index in [1.54, 1.807) is 59.5 Å². The summed E-state index contributed by atoms with van der Waals surface area (Å²) in [4.78, 5) is 40.1. The summed E-state index contributed by atoms with van der Waals surface area (Å²) in [6.07, 6.45) is 1.70. The normalized spacial score (nSPS) is 10.4. The average molecular weight is 382 g/mol. The molecule has 0 saturated carbocycles. The van der Waals surface area contributed by atoms with Crippen molar-refractivity contribution in [3.63, 3.8) is 0 Å². The molecule has 0 saturated heterocycles. The van der Waals surface area contributed by atoms with E-state index >= 15 is 0 Å². The van der Waals surface area contributed by atoms with E-state index in [-0.39, 0.29) is 11.5 Å². The molecule has 1 N–H and O–H groups in total. The Bertz CT molecular complexity index is 814. The van der Waals surface area contributed by atoms with Gasteiger partial charge in [-0.15, -0.1) is 0 Å². The number of rotatable bonds is 9. The Hall–Kier alpha value is -3.15. The predicted octanol–water partition coefficient (Wildman–Crippen LogP) is 3.68. The second-order valence-electron chi connectivity index (χ2n) is 6.49. The van der Waals surface area contributed by atoms with Crippen molar-refractivity contribution in [1.29, 1.82) is 0 Å². The number of amides is 2. The third-order valence-corrected chi connectivity index (χ3v) is 4.24. The molecular weight excluding hydrogens is 356 g/mol. The van der Waals surface area contributed by atoms with Crippen LogP contribution in [0, 0.1) is 0 Å². The molecule has 0 bridgehead atoms. The summed E-state index contributed by atoms with van der Waals surface area (Å²) in [6.45, 7) is 4.87. The number of hydrogen-bond donors (Lipinski definition) is 1. The molecule has 0 aliphatic heterocycles. The minimum atomic E-state index is -1.11. The van der Waals surface area contributed by atoms with Crippen molar-refractivity contribution in [3.8, 4) is 0 Å². The lowest BCUT2D eigenvalue weighted by atomic mass is 10.1. The highest BCUT2D eigenvalue weighted by Crippen LogP contribution is 2.18. The van der Waals surface area contributed by atoms with Crippen molar-refractivity contribution in [2.24, 2.45) is 0 Å². The molecule has 0 unspecified atom stereocenters. The van der Waals surface area contributed by atoms with Crippen molar-refractivity contribution < 1.29 is 19.5 Å². The molecule has 6 nitrogen and oxygen atoms in total. The molecule has 0 aliphatic carbocycles. The van der Waals surface area contributed by atoms with Gasteiger partial charge in [0.05, 0.1) is 0 Å². The molecule has 0 aromatic heterocycles. The number of carboxylic acids is 1. The zero-order chi connectivity index (χ0) is 20.5. The number of carboxylic acid groups (broad SMARTS) is 1. The first kappa shape index (κ1) is 21.2. The molecule has 0 heterocycles. The number of benzene rings is 2. The number of nitrogens with zero attached hydrogens (tertiary/aromatic N) is 2. The van der Waals surface area contributed by atoms with Crippen LogP contribution in [0.1, 0.15) is 47.4 Å². The SMILES string of the molecule is CCCN(CCC)C(=O)c1cccc(C(=O)N(CC(=O)O)c2ccccc2)c1. The highest BCUT2D eigenvalue weighted by atomic mass is 16.4. The fraction of sp³-hybridized carbons (Fsp3) is 0.318. The summed E-state index contributed by atoms with van der Waals surface area (Å²) >= 11 is 0. The van der Waals surface area contributed by atoms with E-state index in [0.29, 0.717) is 24.3 Å². The number of carbonyl (C=O) groups is 3. The summed E-state index contributed by atoms with van der Waals surface area (Å²) in [5.41, 5.74) is 1.20. The van der Waals surface area contributed by atoms with E-state index < -0.39 is 18.4 Å². The first-order valence-electron chi connectivity index (χ1n) is 9.46. The van der Waals surface area contributed by atoms with Gasteiger partial charge in [-0.1, -0.05) is 38.1 Å². The van der Waals surface area contributed by atoms with Crippen molar-refractivity contribution >= 4 is 23.5 Å². The molecule has 6 heteroatoms. The van der Waals surface area contributed by atoms with Crippen LogP contribution in [0.5, 0.6) is 0 Å². The van der Waals surface area contributed by atoms with E-state index in [2.05, 4.69) is 0 Å². The number of hydrogen-bond acceptors (Lipinski definition) is 3. The van der Waals surface area contributed by atoms with Crippen molar-refractivity contribution in [2.75, 3.05) is 24.5 Å². The zero-order valence-corrected chi connectivity index (χ0v) is 16.3. The lowest BCUT2D eigenvalue weighted by Crippen LogP contribution is -2.36. The van der Waals surface area contributed by atoms with Crippen molar-refractivity contribution in [3.05, 3.63) is 65.7 Å². The van der Waals surface area contributed by atoms with E-state index in [9.17, 15) is 19.5 Å². The van der Waals surface area contributed by atoms with Crippen LogP contribution in [0.25, 0.3) is 0 Å². The Morgan fingerprint density at radius 1 is 0.821 bits per heavy atom. The second-order valence-corrected chi connectivity index (χ2v) is 6.49. The van der Waals surface area contributed by atoms with E-state index in [1.807, 2.05) is 13.8 Å². The Kier molecular flexibility index (Phi) is 7.75. The van der Waals surface area contributed by atoms with Crippen molar-refractivity contribution in [1.82, 2.24) is 4.90 Å². The summed E-state index contributed by atoms with van der Waals surface area (Å²) < 4.78 is 0. The van der Waals surface area contributed by atoms with Crippen LogP contribution in [0.4, 0.5) is 5.69 Å². The average Bonchev–Trinajstić information content (AvgIpc) is 2.71. The highest BCUT2D eigenvalue weighted by molar-refractivity contribution is 6.09. The first-order chi connectivity index (χ1) is 13.5. The molecule has 0 fully saturated rings. The lowest BCUT2D eigenvalue weighted by molar-refractivity contribution is -0.135.